The highest BCUT2D eigenvalue weighted by Gasteiger charge is 2.31. The molecule has 3 aromatic rings. The first-order valence-corrected chi connectivity index (χ1v) is 15.2. The molecule has 1 N–H and O–H groups in total. The van der Waals surface area contributed by atoms with E-state index >= 15 is 0 Å². The van der Waals surface area contributed by atoms with Gasteiger partial charge >= 0.3 is 0 Å². The van der Waals surface area contributed by atoms with Crippen molar-refractivity contribution in [3.05, 3.63) is 77.9 Å². The third-order valence-corrected chi connectivity index (χ3v) is 8.53. The molecule has 0 aliphatic carbocycles. The Kier molecular flexibility index (Phi) is 9.33. The fraction of sp³-hybridized carbons (Fsp3) is 0.471. The molecule has 42 heavy (non-hydrogen) atoms. The smallest absolute Gasteiger partial charge is 0.142 e. The molecule has 0 bridgehead atoms. The number of hydrogen-bond acceptors (Lipinski definition) is 8. The summed E-state index contributed by atoms with van der Waals surface area (Å²) >= 11 is 0. The second kappa shape index (κ2) is 13.7. The minimum atomic E-state index is 0.108. The number of anilines is 2. The van der Waals surface area contributed by atoms with Crippen molar-refractivity contribution in [2.24, 2.45) is 0 Å². The van der Waals surface area contributed by atoms with Gasteiger partial charge in [0.2, 0.25) is 0 Å². The largest absolute Gasteiger partial charge is 0.495 e. The minimum absolute atomic E-state index is 0.108. The van der Waals surface area contributed by atoms with Gasteiger partial charge in [-0.1, -0.05) is 30.3 Å². The van der Waals surface area contributed by atoms with E-state index in [1.807, 2.05) is 18.2 Å². The van der Waals surface area contributed by atoms with E-state index in [1.165, 1.54) is 11.1 Å². The van der Waals surface area contributed by atoms with Crippen LogP contribution in [0.1, 0.15) is 29.9 Å². The van der Waals surface area contributed by atoms with Crippen LogP contribution in [0.25, 0.3) is 0 Å². The Morgan fingerprint density at radius 1 is 0.976 bits per heavy atom. The van der Waals surface area contributed by atoms with E-state index in [0.29, 0.717) is 12.5 Å². The summed E-state index contributed by atoms with van der Waals surface area (Å²) in [5, 5.41) is 3.53. The molecule has 2 unspecified atom stereocenters. The maximum atomic E-state index is 6.57. The molecule has 3 aliphatic heterocycles. The molecular formula is C34H43N3O5. The Balaban J connectivity index is 1.04. The number of hydrogen-bond donors (Lipinski definition) is 1. The van der Waals surface area contributed by atoms with Crippen LogP contribution in [0.4, 0.5) is 11.4 Å². The van der Waals surface area contributed by atoms with Gasteiger partial charge in [0.05, 0.1) is 50.8 Å². The lowest BCUT2D eigenvalue weighted by Gasteiger charge is -2.41. The second-order valence-electron chi connectivity index (χ2n) is 11.3. The van der Waals surface area contributed by atoms with Gasteiger partial charge in [0.25, 0.3) is 0 Å². The van der Waals surface area contributed by atoms with Crippen LogP contribution < -0.4 is 29.3 Å². The van der Waals surface area contributed by atoms with Crippen molar-refractivity contribution in [3.63, 3.8) is 0 Å². The fourth-order valence-corrected chi connectivity index (χ4v) is 6.22. The van der Waals surface area contributed by atoms with E-state index in [1.54, 1.807) is 14.2 Å². The highest BCUT2D eigenvalue weighted by atomic mass is 16.5. The Labute approximate surface area is 249 Å². The lowest BCUT2D eigenvalue weighted by atomic mass is 9.87. The first-order chi connectivity index (χ1) is 20.7. The van der Waals surface area contributed by atoms with Gasteiger partial charge in [0, 0.05) is 32.7 Å². The van der Waals surface area contributed by atoms with Crippen LogP contribution >= 0.6 is 0 Å². The summed E-state index contributed by atoms with van der Waals surface area (Å²) in [5.74, 6) is 3.12. The molecule has 3 heterocycles. The molecule has 6 rings (SSSR count). The highest BCUT2D eigenvalue weighted by Crippen LogP contribution is 2.35. The van der Waals surface area contributed by atoms with Crippen LogP contribution in [0.5, 0.6) is 17.2 Å². The van der Waals surface area contributed by atoms with E-state index in [4.69, 9.17) is 23.7 Å². The summed E-state index contributed by atoms with van der Waals surface area (Å²) in [6.45, 7) is 7.47. The van der Waals surface area contributed by atoms with Crippen LogP contribution in [0, 0.1) is 0 Å². The Bertz CT molecular complexity index is 1300. The van der Waals surface area contributed by atoms with Gasteiger partial charge in [0.1, 0.15) is 30.0 Å². The number of methoxy groups -OCH3 is 2. The topological polar surface area (TPSA) is 64.7 Å². The molecular weight excluding hydrogens is 530 g/mol. The van der Waals surface area contributed by atoms with E-state index < -0.39 is 0 Å². The summed E-state index contributed by atoms with van der Waals surface area (Å²) in [4.78, 5) is 4.69. The predicted octanol–water partition coefficient (Wildman–Crippen LogP) is 4.86. The van der Waals surface area contributed by atoms with Crippen molar-refractivity contribution in [1.29, 1.82) is 0 Å². The number of nitrogens with zero attached hydrogens (tertiary/aromatic N) is 2. The molecule has 0 saturated carbocycles. The van der Waals surface area contributed by atoms with Crippen LogP contribution in [0.2, 0.25) is 0 Å². The maximum absolute atomic E-state index is 6.57. The maximum Gasteiger partial charge on any atom is 0.142 e. The monoisotopic (exact) mass is 573 g/mol. The SMILES string of the molecule is COCCCN1CCOc2ccc(COC3CNCCC3c3ccc(OC4CN(c5ccccc5OC)C4)cc3)cc21. The third-order valence-electron chi connectivity index (χ3n) is 8.53. The Hall–Kier alpha value is -3.46. The predicted molar refractivity (Wildman–Crippen MR) is 166 cm³/mol. The van der Waals surface area contributed by atoms with E-state index in [0.717, 1.165) is 93.9 Å². The minimum Gasteiger partial charge on any atom is -0.495 e. The standard InChI is InChI=1S/C34H43N3O5/c1-38-18-5-16-36-17-19-40-33-13-8-25(20-31(33)36)24-41-34-21-35-15-14-29(34)26-9-11-27(12-10-26)42-28-22-37(23-28)30-6-3-4-7-32(30)39-2/h3-4,6-13,20,28-29,34-35H,5,14-19,21-24H2,1-2H3. The molecule has 8 nitrogen and oxygen atoms in total. The van der Waals surface area contributed by atoms with E-state index in [2.05, 4.69) is 63.6 Å². The van der Waals surface area contributed by atoms with Gasteiger partial charge in [-0.3, -0.25) is 0 Å². The van der Waals surface area contributed by atoms with Crippen LogP contribution in [-0.2, 0) is 16.1 Å². The average Bonchev–Trinajstić information content (AvgIpc) is 3.02. The van der Waals surface area contributed by atoms with Gasteiger partial charge in [0.15, 0.2) is 0 Å². The fourth-order valence-electron chi connectivity index (χ4n) is 6.22. The Morgan fingerprint density at radius 3 is 2.67 bits per heavy atom. The number of nitrogens with one attached hydrogen (secondary N) is 1. The highest BCUT2D eigenvalue weighted by molar-refractivity contribution is 5.62. The van der Waals surface area contributed by atoms with Crippen LogP contribution in [0.3, 0.4) is 0 Å². The molecule has 0 spiro atoms. The van der Waals surface area contributed by atoms with Gasteiger partial charge < -0.3 is 38.8 Å². The molecule has 0 amide bonds. The Morgan fingerprint density at radius 2 is 1.83 bits per heavy atom. The number of fused-ring (bicyclic) bond motifs is 1. The third kappa shape index (κ3) is 6.61. The molecule has 2 saturated heterocycles. The molecule has 2 atom stereocenters. The van der Waals surface area contributed by atoms with E-state index in [-0.39, 0.29) is 12.2 Å². The van der Waals surface area contributed by atoms with Crippen LogP contribution in [0.15, 0.2) is 66.7 Å². The molecule has 3 aliphatic rings. The number of rotatable bonds is 12. The normalized spacial score (nSPS) is 20.4. The van der Waals surface area contributed by atoms with Gasteiger partial charge in [-0.25, -0.2) is 0 Å². The molecule has 224 valence electrons. The zero-order valence-electron chi connectivity index (χ0n) is 24.8. The van der Waals surface area contributed by atoms with E-state index in [9.17, 15) is 0 Å². The summed E-state index contributed by atoms with van der Waals surface area (Å²) in [5.41, 5.74) is 4.76. The number of ether oxygens (including phenoxy) is 5. The summed E-state index contributed by atoms with van der Waals surface area (Å²) < 4.78 is 29.5. The summed E-state index contributed by atoms with van der Waals surface area (Å²) in [6, 6.07) is 23.2. The van der Waals surface area contributed by atoms with Crippen molar-refractivity contribution in [2.45, 2.75) is 37.6 Å². The van der Waals surface area contributed by atoms with Crippen molar-refractivity contribution < 1.29 is 23.7 Å². The number of piperidine rings is 1. The second-order valence-corrected chi connectivity index (χ2v) is 11.3. The zero-order chi connectivity index (χ0) is 28.7. The lowest BCUT2D eigenvalue weighted by Crippen LogP contribution is -2.54. The summed E-state index contributed by atoms with van der Waals surface area (Å²) in [6.07, 6.45) is 2.33. The van der Waals surface area contributed by atoms with Gasteiger partial charge in [-0.05, 0) is 66.9 Å². The first kappa shape index (κ1) is 28.6. The number of para-hydroxylation sites is 2. The molecule has 0 aromatic heterocycles. The molecule has 2 fully saturated rings. The molecule has 3 aromatic carbocycles. The average molecular weight is 574 g/mol. The zero-order valence-corrected chi connectivity index (χ0v) is 24.8. The lowest BCUT2D eigenvalue weighted by molar-refractivity contribution is 0.0106. The van der Waals surface area contributed by atoms with Gasteiger partial charge in [-0.15, -0.1) is 0 Å². The number of benzene rings is 3. The van der Waals surface area contributed by atoms with Crippen molar-refractivity contribution in [2.75, 3.05) is 76.5 Å². The van der Waals surface area contributed by atoms with Crippen molar-refractivity contribution >= 4 is 11.4 Å². The van der Waals surface area contributed by atoms with Crippen LogP contribution in [-0.4, -0.2) is 78.9 Å². The van der Waals surface area contributed by atoms with Crippen molar-refractivity contribution in [1.82, 2.24) is 5.32 Å². The molecule has 0 radical (unpaired) electrons. The quantitative estimate of drug-likeness (QED) is 0.308. The molecule has 8 heteroatoms. The first-order valence-electron chi connectivity index (χ1n) is 15.2. The van der Waals surface area contributed by atoms with Gasteiger partial charge in [-0.2, -0.15) is 0 Å². The summed E-state index contributed by atoms with van der Waals surface area (Å²) in [7, 11) is 3.47. The van der Waals surface area contributed by atoms with Crippen molar-refractivity contribution in [3.8, 4) is 17.2 Å².